The molecule has 26 heavy (non-hydrogen) atoms. The van der Waals surface area contributed by atoms with Crippen molar-refractivity contribution in [2.75, 3.05) is 33.4 Å². The number of piperidine rings is 2. The number of phenols is 1. The van der Waals surface area contributed by atoms with Gasteiger partial charge in [0.1, 0.15) is 5.75 Å². The van der Waals surface area contributed by atoms with Gasteiger partial charge in [-0.15, -0.1) is 0 Å². The fraction of sp³-hybridized carbons (Fsp3) is 0.579. The Labute approximate surface area is 158 Å². The summed E-state index contributed by atoms with van der Waals surface area (Å²) in [6.45, 7) is 2.54. The summed E-state index contributed by atoms with van der Waals surface area (Å²) in [5.74, 6) is 0.213. The van der Waals surface area contributed by atoms with Crippen molar-refractivity contribution in [3.63, 3.8) is 0 Å². The Bertz CT molecular complexity index is 682. The van der Waals surface area contributed by atoms with Crippen LogP contribution in [0.2, 0.25) is 5.02 Å². The van der Waals surface area contributed by atoms with Crippen LogP contribution in [0, 0.1) is 5.92 Å². The lowest BCUT2D eigenvalue weighted by Gasteiger charge is -2.47. The predicted octanol–water partition coefficient (Wildman–Crippen LogP) is 2.54. The molecule has 0 unspecified atom stereocenters. The lowest BCUT2D eigenvalue weighted by molar-refractivity contribution is -0.140. The lowest BCUT2D eigenvalue weighted by atomic mass is 9.83. The van der Waals surface area contributed by atoms with Gasteiger partial charge in [-0.2, -0.15) is 0 Å². The summed E-state index contributed by atoms with van der Waals surface area (Å²) in [6.07, 6.45) is 2.93. The van der Waals surface area contributed by atoms with E-state index in [1.54, 1.807) is 24.1 Å². The number of aromatic hydroxyl groups is 1. The van der Waals surface area contributed by atoms with E-state index < -0.39 is 0 Å². The molecule has 7 heteroatoms. The zero-order valence-corrected chi connectivity index (χ0v) is 15.7. The number of nitrogens with zero attached hydrogens (tertiary/aromatic N) is 2. The van der Waals surface area contributed by atoms with E-state index in [-0.39, 0.29) is 35.1 Å². The van der Waals surface area contributed by atoms with E-state index in [1.807, 2.05) is 4.90 Å². The Morgan fingerprint density at radius 1 is 1.38 bits per heavy atom. The first-order valence-corrected chi connectivity index (χ1v) is 9.45. The van der Waals surface area contributed by atoms with Gasteiger partial charge in [-0.1, -0.05) is 11.6 Å². The minimum Gasteiger partial charge on any atom is -0.507 e. The number of carbonyl (C=O) groups is 2. The molecule has 142 valence electrons. The highest BCUT2D eigenvalue weighted by molar-refractivity contribution is 6.30. The van der Waals surface area contributed by atoms with Crippen molar-refractivity contribution < 1.29 is 19.4 Å². The fourth-order valence-electron chi connectivity index (χ4n) is 4.06. The lowest BCUT2D eigenvalue weighted by Crippen LogP contribution is -2.57. The molecule has 0 radical (unpaired) electrons. The number of methoxy groups -OCH3 is 1. The van der Waals surface area contributed by atoms with E-state index in [9.17, 15) is 14.7 Å². The van der Waals surface area contributed by atoms with Crippen LogP contribution in [0.15, 0.2) is 18.2 Å². The molecular weight excluding hydrogens is 356 g/mol. The van der Waals surface area contributed by atoms with Gasteiger partial charge in [-0.3, -0.25) is 9.59 Å². The standard InChI is InChI=1S/C19H25ClN2O4/c1-26-10-2-8-22-16-7-9-21(12-13(16)3-6-18(22)24)19(25)15-5-4-14(20)11-17(15)23/h4-5,11,13,16,23H,2-3,6-10,12H2,1H3/t13-,16+/m1/s1. The summed E-state index contributed by atoms with van der Waals surface area (Å²) in [5.41, 5.74) is 0.275. The zero-order valence-electron chi connectivity index (χ0n) is 15.0. The summed E-state index contributed by atoms with van der Waals surface area (Å²) in [6, 6.07) is 4.75. The molecule has 1 N–H and O–H groups in total. The maximum atomic E-state index is 12.8. The fourth-order valence-corrected chi connectivity index (χ4v) is 4.23. The van der Waals surface area contributed by atoms with Gasteiger partial charge in [0.15, 0.2) is 0 Å². The van der Waals surface area contributed by atoms with Gasteiger partial charge in [-0.25, -0.2) is 0 Å². The van der Waals surface area contributed by atoms with Gasteiger partial charge < -0.3 is 19.6 Å². The van der Waals surface area contributed by atoms with E-state index >= 15 is 0 Å². The molecule has 0 aliphatic carbocycles. The summed E-state index contributed by atoms with van der Waals surface area (Å²) in [7, 11) is 1.66. The van der Waals surface area contributed by atoms with E-state index in [0.29, 0.717) is 37.7 Å². The molecule has 0 saturated carbocycles. The second kappa shape index (κ2) is 8.27. The minimum absolute atomic E-state index is 0.0929. The SMILES string of the molecule is COCCCN1C(=O)CC[C@@H]2CN(C(=O)c3ccc(Cl)cc3O)CC[C@@H]21. The van der Waals surface area contributed by atoms with Crippen molar-refractivity contribution in [3.8, 4) is 5.75 Å². The van der Waals surface area contributed by atoms with Crippen molar-refractivity contribution in [2.24, 2.45) is 5.92 Å². The number of amides is 2. The highest BCUT2D eigenvalue weighted by atomic mass is 35.5. The molecule has 0 spiro atoms. The van der Waals surface area contributed by atoms with Crippen molar-refractivity contribution in [1.29, 1.82) is 0 Å². The summed E-state index contributed by atoms with van der Waals surface area (Å²) in [4.78, 5) is 28.9. The number of halogens is 1. The van der Waals surface area contributed by atoms with Crippen molar-refractivity contribution >= 4 is 23.4 Å². The molecule has 1 aromatic carbocycles. The zero-order chi connectivity index (χ0) is 18.7. The highest BCUT2D eigenvalue weighted by Crippen LogP contribution is 2.33. The molecule has 2 aliphatic heterocycles. The number of fused-ring (bicyclic) bond motifs is 1. The average Bonchev–Trinajstić information content (AvgIpc) is 2.63. The quantitative estimate of drug-likeness (QED) is 0.797. The number of carbonyl (C=O) groups excluding carboxylic acids is 2. The van der Waals surface area contributed by atoms with Crippen LogP contribution in [0.25, 0.3) is 0 Å². The molecular formula is C19H25ClN2O4. The van der Waals surface area contributed by atoms with Crippen molar-refractivity contribution in [3.05, 3.63) is 28.8 Å². The third-order valence-corrected chi connectivity index (χ3v) is 5.60. The number of phenolic OH excluding ortho intramolecular Hbond substituents is 1. The van der Waals surface area contributed by atoms with Crippen LogP contribution in [-0.4, -0.2) is 66.1 Å². The van der Waals surface area contributed by atoms with Crippen LogP contribution < -0.4 is 0 Å². The first-order chi connectivity index (χ1) is 12.5. The molecule has 2 fully saturated rings. The predicted molar refractivity (Wildman–Crippen MR) is 98.4 cm³/mol. The summed E-state index contributed by atoms with van der Waals surface area (Å²) in [5, 5.41) is 10.4. The van der Waals surface area contributed by atoms with Gasteiger partial charge >= 0.3 is 0 Å². The van der Waals surface area contributed by atoms with Gasteiger partial charge in [-0.05, 0) is 43.4 Å². The highest BCUT2D eigenvalue weighted by Gasteiger charge is 2.40. The van der Waals surface area contributed by atoms with Crippen LogP contribution in [-0.2, 0) is 9.53 Å². The largest absolute Gasteiger partial charge is 0.507 e. The Morgan fingerprint density at radius 2 is 2.19 bits per heavy atom. The topological polar surface area (TPSA) is 70.1 Å². The van der Waals surface area contributed by atoms with E-state index in [4.69, 9.17) is 16.3 Å². The number of ether oxygens (including phenoxy) is 1. The summed E-state index contributed by atoms with van der Waals surface area (Å²) < 4.78 is 5.10. The van der Waals surface area contributed by atoms with Gasteiger partial charge in [0, 0.05) is 50.8 Å². The molecule has 2 atom stereocenters. The maximum Gasteiger partial charge on any atom is 0.257 e. The average molecular weight is 381 g/mol. The number of hydrogen-bond donors (Lipinski definition) is 1. The minimum atomic E-state index is -0.180. The van der Waals surface area contributed by atoms with Crippen LogP contribution in [0.1, 0.15) is 36.0 Å². The Morgan fingerprint density at radius 3 is 2.92 bits per heavy atom. The first kappa shape index (κ1) is 19.0. The second-order valence-electron chi connectivity index (χ2n) is 7.00. The van der Waals surface area contributed by atoms with E-state index in [0.717, 1.165) is 19.3 Å². The Kier molecular flexibility index (Phi) is 6.04. The smallest absolute Gasteiger partial charge is 0.257 e. The van der Waals surface area contributed by atoms with Crippen molar-refractivity contribution in [1.82, 2.24) is 9.80 Å². The summed E-state index contributed by atoms with van der Waals surface area (Å²) >= 11 is 5.85. The van der Waals surface area contributed by atoms with Gasteiger partial charge in [0.2, 0.25) is 5.91 Å². The van der Waals surface area contributed by atoms with Gasteiger partial charge in [0.05, 0.1) is 5.56 Å². The normalized spacial score (nSPS) is 23.1. The molecule has 0 bridgehead atoms. The monoisotopic (exact) mass is 380 g/mol. The molecule has 6 nitrogen and oxygen atoms in total. The third-order valence-electron chi connectivity index (χ3n) is 5.37. The van der Waals surface area contributed by atoms with E-state index in [2.05, 4.69) is 0 Å². The number of hydrogen-bond acceptors (Lipinski definition) is 4. The van der Waals surface area contributed by atoms with E-state index in [1.165, 1.54) is 6.07 Å². The molecule has 2 saturated heterocycles. The molecule has 2 aliphatic rings. The first-order valence-electron chi connectivity index (χ1n) is 9.07. The molecule has 3 rings (SSSR count). The number of benzene rings is 1. The maximum absolute atomic E-state index is 12.8. The molecule has 0 aromatic heterocycles. The van der Waals surface area contributed by atoms with Gasteiger partial charge in [0.25, 0.3) is 5.91 Å². The second-order valence-corrected chi connectivity index (χ2v) is 7.44. The number of likely N-dealkylation sites (tertiary alicyclic amines) is 2. The molecule has 2 heterocycles. The van der Waals surface area contributed by atoms with Crippen LogP contribution in [0.5, 0.6) is 5.75 Å². The molecule has 1 aromatic rings. The van der Waals surface area contributed by atoms with Crippen LogP contribution in [0.4, 0.5) is 0 Å². The van der Waals surface area contributed by atoms with Crippen molar-refractivity contribution in [2.45, 2.75) is 31.7 Å². The van der Waals surface area contributed by atoms with Crippen LogP contribution in [0.3, 0.4) is 0 Å². The third kappa shape index (κ3) is 3.96. The van der Waals surface area contributed by atoms with Crippen LogP contribution >= 0.6 is 11.6 Å². The molecule has 2 amide bonds. The number of rotatable bonds is 5. The Balaban J connectivity index is 1.67. The Hall–Kier alpha value is -1.79.